The number of amides is 1. The van der Waals surface area contributed by atoms with Gasteiger partial charge < -0.3 is 15.0 Å². The van der Waals surface area contributed by atoms with Crippen LogP contribution in [0.4, 0.5) is 13.2 Å². The second kappa shape index (κ2) is 9.34. The molecule has 0 aromatic heterocycles. The molecule has 9 heteroatoms. The summed E-state index contributed by atoms with van der Waals surface area (Å²) in [5.41, 5.74) is -0.636. The van der Waals surface area contributed by atoms with E-state index in [1.165, 1.54) is 19.2 Å². The number of alkyl halides is 3. The standard InChI is InChI=1S/C21H28F3N3O3/c1-3-26-10-8-17(9-11-26)27-13-16(12-18(27)20(29)30-2)25-19(28)14-4-6-15(7-5-14)21(22,23)24/h4-7,16-18H,3,8-13H2,1-2H3,(H,25,28)/t16-,18+/m1/s1. The van der Waals surface area contributed by atoms with E-state index in [1.54, 1.807) is 0 Å². The van der Waals surface area contributed by atoms with E-state index >= 15 is 0 Å². The highest BCUT2D eigenvalue weighted by Crippen LogP contribution is 2.30. The van der Waals surface area contributed by atoms with Crippen molar-refractivity contribution in [1.29, 1.82) is 0 Å². The normalized spacial score (nSPS) is 24.0. The van der Waals surface area contributed by atoms with Crippen LogP contribution in [0, 0.1) is 0 Å². The molecule has 3 rings (SSSR count). The SMILES string of the molecule is CCN1CCC(N2C[C@H](NC(=O)c3ccc(C(F)(F)F)cc3)C[C@H]2C(=O)OC)CC1. The molecule has 0 spiro atoms. The quantitative estimate of drug-likeness (QED) is 0.732. The fraction of sp³-hybridized carbons (Fsp3) is 0.619. The Labute approximate surface area is 174 Å². The average Bonchev–Trinajstić information content (AvgIpc) is 3.16. The predicted octanol–water partition coefficient (Wildman–Crippen LogP) is 2.54. The van der Waals surface area contributed by atoms with Gasteiger partial charge in [0.1, 0.15) is 6.04 Å². The molecule has 0 bridgehead atoms. The van der Waals surface area contributed by atoms with Crippen molar-refractivity contribution >= 4 is 11.9 Å². The summed E-state index contributed by atoms with van der Waals surface area (Å²) in [6, 6.07) is 3.68. The van der Waals surface area contributed by atoms with Crippen molar-refractivity contribution < 1.29 is 27.5 Å². The fourth-order valence-corrected chi connectivity index (χ4v) is 4.38. The number of nitrogens with zero attached hydrogens (tertiary/aromatic N) is 2. The highest BCUT2D eigenvalue weighted by molar-refractivity contribution is 5.94. The van der Waals surface area contributed by atoms with Crippen LogP contribution in [-0.4, -0.2) is 73.1 Å². The lowest BCUT2D eigenvalue weighted by atomic mass is 10.0. The zero-order valence-corrected chi connectivity index (χ0v) is 17.2. The van der Waals surface area contributed by atoms with Gasteiger partial charge in [-0.25, -0.2) is 0 Å². The summed E-state index contributed by atoms with van der Waals surface area (Å²) in [7, 11) is 1.36. The van der Waals surface area contributed by atoms with Gasteiger partial charge in [-0.15, -0.1) is 0 Å². The molecule has 0 unspecified atom stereocenters. The van der Waals surface area contributed by atoms with E-state index in [2.05, 4.69) is 22.0 Å². The van der Waals surface area contributed by atoms with Crippen molar-refractivity contribution in [1.82, 2.24) is 15.1 Å². The van der Waals surface area contributed by atoms with E-state index in [4.69, 9.17) is 4.74 Å². The number of rotatable bonds is 5. The third-order valence-corrected chi connectivity index (χ3v) is 6.10. The maximum atomic E-state index is 12.7. The number of benzene rings is 1. The van der Waals surface area contributed by atoms with Gasteiger partial charge in [0.15, 0.2) is 0 Å². The minimum Gasteiger partial charge on any atom is -0.468 e. The van der Waals surface area contributed by atoms with Crippen LogP contribution in [0.1, 0.15) is 42.1 Å². The summed E-state index contributed by atoms with van der Waals surface area (Å²) < 4.78 is 43.1. The number of halogens is 3. The van der Waals surface area contributed by atoms with E-state index in [1.807, 2.05) is 0 Å². The van der Waals surface area contributed by atoms with Crippen molar-refractivity contribution in [2.75, 3.05) is 33.3 Å². The van der Waals surface area contributed by atoms with Gasteiger partial charge in [-0.2, -0.15) is 13.2 Å². The van der Waals surface area contributed by atoms with E-state index in [9.17, 15) is 22.8 Å². The van der Waals surface area contributed by atoms with Crippen LogP contribution in [0.25, 0.3) is 0 Å². The Morgan fingerprint density at radius 1 is 1.17 bits per heavy atom. The van der Waals surface area contributed by atoms with E-state index in [0.717, 1.165) is 44.6 Å². The van der Waals surface area contributed by atoms with E-state index in [0.29, 0.717) is 13.0 Å². The Hall–Kier alpha value is -2.13. The van der Waals surface area contributed by atoms with Gasteiger partial charge in [0.05, 0.1) is 12.7 Å². The van der Waals surface area contributed by atoms with Crippen molar-refractivity contribution in [3.63, 3.8) is 0 Å². The molecule has 166 valence electrons. The number of hydrogen-bond acceptors (Lipinski definition) is 5. The van der Waals surface area contributed by atoms with Gasteiger partial charge in [-0.05, 0) is 63.2 Å². The number of hydrogen-bond donors (Lipinski definition) is 1. The van der Waals surface area contributed by atoms with Gasteiger partial charge in [0.25, 0.3) is 5.91 Å². The van der Waals surface area contributed by atoms with Crippen molar-refractivity contribution in [3.8, 4) is 0 Å². The van der Waals surface area contributed by atoms with Crippen LogP contribution in [0.5, 0.6) is 0 Å². The Kier molecular flexibility index (Phi) is 7.02. The third-order valence-electron chi connectivity index (χ3n) is 6.10. The number of likely N-dealkylation sites (tertiary alicyclic amines) is 2. The monoisotopic (exact) mass is 427 g/mol. The molecule has 6 nitrogen and oxygen atoms in total. The third kappa shape index (κ3) is 5.13. The van der Waals surface area contributed by atoms with Crippen molar-refractivity contribution in [2.45, 2.75) is 50.5 Å². The van der Waals surface area contributed by atoms with Gasteiger partial charge in [-0.3, -0.25) is 14.5 Å². The molecule has 2 atom stereocenters. The molecule has 2 heterocycles. The molecule has 30 heavy (non-hydrogen) atoms. The molecule has 1 aromatic rings. The van der Waals surface area contributed by atoms with Crippen LogP contribution < -0.4 is 5.32 Å². The molecule has 0 aliphatic carbocycles. The zero-order valence-electron chi connectivity index (χ0n) is 17.2. The summed E-state index contributed by atoms with van der Waals surface area (Å²) in [5.74, 6) is -0.765. The van der Waals surface area contributed by atoms with Crippen molar-refractivity contribution in [3.05, 3.63) is 35.4 Å². The predicted molar refractivity (Wildman–Crippen MR) is 105 cm³/mol. The smallest absolute Gasteiger partial charge is 0.416 e. The Balaban J connectivity index is 1.65. The number of ether oxygens (including phenoxy) is 1. The first-order valence-corrected chi connectivity index (χ1v) is 10.3. The summed E-state index contributed by atoms with van der Waals surface area (Å²) >= 11 is 0. The van der Waals surface area contributed by atoms with Gasteiger partial charge in [0, 0.05) is 24.2 Å². The molecular formula is C21H28F3N3O3. The first-order valence-electron chi connectivity index (χ1n) is 10.3. The number of piperidine rings is 1. The van der Waals surface area contributed by atoms with Crippen LogP contribution in [0.15, 0.2) is 24.3 Å². The molecule has 2 aliphatic heterocycles. The average molecular weight is 427 g/mol. The van der Waals surface area contributed by atoms with Crippen LogP contribution in [0.3, 0.4) is 0 Å². The largest absolute Gasteiger partial charge is 0.468 e. The van der Waals surface area contributed by atoms with Crippen LogP contribution >= 0.6 is 0 Å². The molecule has 0 saturated carbocycles. The molecule has 2 saturated heterocycles. The maximum Gasteiger partial charge on any atom is 0.416 e. The molecule has 1 amide bonds. The lowest BCUT2D eigenvalue weighted by Crippen LogP contribution is -2.49. The van der Waals surface area contributed by atoms with Crippen LogP contribution in [0.2, 0.25) is 0 Å². The zero-order chi connectivity index (χ0) is 21.9. The highest BCUT2D eigenvalue weighted by atomic mass is 19.4. The van der Waals surface area contributed by atoms with Crippen LogP contribution in [-0.2, 0) is 15.7 Å². The second-order valence-corrected chi connectivity index (χ2v) is 7.88. The lowest BCUT2D eigenvalue weighted by Gasteiger charge is -2.38. The summed E-state index contributed by atoms with van der Waals surface area (Å²) in [4.78, 5) is 29.4. The molecule has 0 radical (unpaired) electrons. The molecule has 1 N–H and O–H groups in total. The molecule has 2 aliphatic rings. The summed E-state index contributed by atoms with van der Waals surface area (Å²) in [6.45, 7) is 5.57. The number of carbonyl (C=O) groups excluding carboxylic acids is 2. The summed E-state index contributed by atoms with van der Waals surface area (Å²) in [5, 5.41) is 2.87. The number of nitrogens with one attached hydrogen (secondary N) is 1. The molecule has 1 aromatic carbocycles. The molecule has 2 fully saturated rings. The number of methoxy groups -OCH3 is 1. The minimum atomic E-state index is -4.44. The van der Waals surface area contributed by atoms with E-state index < -0.39 is 23.7 Å². The Morgan fingerprint density at radius 3 is 2.33 bits per heavy atom. The first kappa shape index (κ1) is 22.6. The number of esters is 1. The minimum absolute atomic E-state index is 0.160. The highest BCUT2D eigenvalue weighted by Gasteiger charge is 2.42. The molecular weight excluding hydrogens is 399 g/mol. The first-order chi connectivity index (χ1) is 14.2. The topological polar surface area (TPSA) is 61.9 Å². The van der Waals surface area contributed by atoms with Gasteiger partial charge in [0.2, 0.25) is 0 Å². The Bertz CT molecular complexity index is 746. The number of carbonyl (C=O) groups is 2. The second-order valence-electron chi connectivity index (χ2n) is 7.88. The van der Waals surface area contributed by atoms with Gasteiger partial charge >= 0.3 is 12.1 Å². The van der Waals surface area contributed by atoms with Crippen molar-refractivity contribution in [2.24, 2.45) is 0 Å². The summed E-state index contributed by atoms with van der Waals surface area (Å²) in [6.07, 6.45) is -2.13. The van der Waals surface area contributed by atoms with Gasteiger partial charge in [-0.1, -0.05) is 6.92 Å². The maximum absolute atomic E-state index is 12.7. The van der Waals surface area contributed by atoms with E-state index in [-0.39, 0.29) is 23.6 Å². The lowest BCUT2D eigenvalue weighted by molar-refractivity contribution is -0.147. The fourth-order valence-electron chi connectivity index (χ4n) is 4.38. The Morgan fingerprint density at radius 2 is 1.80 bits per heavy atom.